The fraction of sp³-hybridized carbons (Fsp3) is 0.944. The van der Waals surface area contributed by atoms with E-state index >= 15 is 0 Å². The van der Waals surface area contributed by atoms with Crippen molar-refractivity contribution in [1.29, 1.82) is 0 Å². The Balaban J connectivity index is 3.40. The molecule has 3 heteroatoms. The zero-order chi connectivity index (χ0) is 16.0. The van der Waals surface area contributed by atoms with Crippen LogP contribution in [-0.4, -0.2) is 37.6 Å². The Bertz CT molecular complexity index is 252. The van der Waals surface area contributed by atoms with Crippen LogP contribution in [0.4, 0.5) is 0 Å². The van der Waals surface area contributed by atoms with E-state index in [9.17, 15) is 9.90 Å². The van der Waals surface area contributed by atoms with Gasteiger partial charge in [0.2, 0.25) is 0 Å². The van der Waals surface area contributed by atoms with E-state index in [1.807, 2.05) is 0 Å². The van der Waals surface area contributed by atoms with Crippen LogP contribution in [0.5, 0.6) is 0 Å². The number of unbranched alkanes of at least 4 members (excludes halogenated alkanes) is 9. The number of carbonyl (C=O) groups is 1. The van der Waals surface area contributed by atoms with Gasteiger partial charge in [-0.05, 0) is 38.5 Å². The fourth-order valence-corrected chi connectivity index (χ4v) is 2.77. The predicted octanol–water partition coefficient (Wildman–Crippen LogP) is 3.51. The minimum Gasteiger partial charge on any atom is -0.550 e. The van der Waals surface area contributed by atoms with Gasteiger partial charge >= 0.3 is 0 Å². The lowest BCUT2D eigenvalue weighted by Gasteiger charge is -2.30. The Hall–Kier alpha value is -0.570. The first-order valence-electron chi connectivity index (χ1n) is 9.00. The van der Waals surface area contributed by atoms with Gasteiger partial charge in [-0.2, -0.15) is 0 Å². The number of hydrogen-bond acceptors (Lipinski definition) is 2. The summed E-state index contributed by atoms with van der Waals surface area (Å²) in [6.45, 7) is 4.66. The normalized spacial score (nSPS) is 11.8. The number of carboxylic acid groups (broad SMARTS) is 1. The summed E-state index contributed by atoms with van der Waals surface area (Å²) in [7, 11) is 4.58. The summed E-state index contributed by atoms with van der Waals surface area (Å²) in [6, 6.07) is 0. The van der Waals surface area contributed by atoms with Gasteiger partial charge in [-0.25, -0.2) is 0 Å². The molecule has 0 rings (SSSR count). The maximum Gasteiger partial charge on any atom is 0.0782 e. The van der Waals surface area contributed by atoms with Crippen LogP contribution in [0.1, 0.15) is 84.0 Å². The molecule has 21 heavy (non-hydrogen) atoms. The second-order valence-electron chi connectivity index (χ2n) is 7.04. The van der Waals surface area contributed by atoms with Crippen molar-refractivity contribution in [3.05, 3.63) is 0 Å². The highest BCUT2D eigenvalue weighted by molar-refractivity contribution is 5.63. The van der Waals surface area contributed by atoms with Crippen molar-refractivity contribution in [3.8, 4) is 0 Å². The number of hydrogen-bond donors (Lipinski definition) is 0. The largest absolute Gasteiger partial charge is 0.550 e. The molecule has 0 saturated carbocycles. The van der Waals surface area contributed by atoms with Crippen molar-refractivity contribution in [3.63, 3.8) is 0 Å². The third-order valence-electron chi connectivity index (χ3n) is 4.26. The van der Waals surface area contributed by atoms with Gasteiger partial charge in [0.1, 0.15) is 0 Å². The minimum atomic E-state index is -0.914. The first kappa shape index (κ1) is 20.4. The van der Waals surface area contributed by atoms with Gasteiger partial charge in [-0.1, -0.05) is 45.4 Å². The van der Waals surface area contributed by atoms with Crippen LogP contribution in [-0.2, 0) is 4.79 Å². The van der Waals surface area contributed by atoms with Gasteiger partial charge < -0.3 is 14.4 Å². The Morgan fingerprint density at radius 3 is 1.67 bits per heavy atom. The Morgan fingerprint density at radius 2 is 1.19 bits per heavy atom. The molecule has 0 heterocycles. The molecular weight excluding hydrogens is 262 g/mol. The molecule has 0 spiro atoms. The van der Waals surface area contributed by atoms with Crippen molar-refractivity contribution < 1.29 is 14.4 Å². The highest BCUT2D eigenvalue weighted by Gasteiger charge is 2.13. The van der Waals surface area contributed by atoms with Crippen LogP contribution in [0.25, 0.3) is 0 Å². The van der Waals surface area contributed by atoms with Crippen LogP contribution >= 0.6 is 0 Å². The van der Waals surface area contributed by atoms with Gasteiger partial charge in [0.25, 0.3) is 0 Å². The zero-order valence-electron chi connectivity index (χ0n) is 14.7. The van der Waals surface area contributed by atoms with Gasteiger partial charge in [-0.15, -0.1) is 0 Å². The number of carbonyl (C=O) groups excluding carboxylic acids is 1. The third-order valence-corrected chi connectivity index (χ3v) is 4.26. The molecule has 0 aliphatic heterocycles. The average Bonchev–Trinajstić information content (AvgIpc) is 2.41. The summed E-state index contributed by atoms with van der Waals surface area (Å²) in [5.41, 5.74) is 0. The Morgan fingerprint density at radius 1 is 0.762 bits per heavy atom. The molecule has 0 aromatic rings. The second kappa shape index (κ2) is 13.1. The highest BCUT2D eigenvalue weighted by Crippen LogP contribution is 2.11. The van der Waals surface area contributed by atoms with E-state index in [1.54, 1.807) is 0 Å². The summed E-state index contributed by atoms with van der Waals surface area (Å²) < 4.78 is 1.07. The van der Waals surface area contributed by atoms with Crippen molar-refractivity contribution in [2.45, 2.75) is 84.0 Å². The molecule has 3 nitrogen and oxygen atoms in total. The molecule has 0 atom stereocenters. The van der Waals surface area contributed by atoms with Crippen LogP contribution in [0.3, 0.4) is 0 Å². The van der Waals surface area contributed by atoms with E-state index in [0.717, 1.165) is 30.3 Å². The number of nitrogens with zero attached hydrogens (tertiary/aromatic N) is 1. The van der Waals surface area contributed by atoms with Crippen molar-refractivity contribution >= 4 is 5.97 Å². The van der Waals surface area contributed by atoms with Gasteiger partial charge in [0.05, 0.1) is 27.2 Å². The van der Waals surface area contributed by atoms with E-state index in [2.05, 4.69) is 21.0 Å². The number of rotatable bonds is 15. The van der Waals surface area contributed by atoms with E-state index in [1.165, 1.54) is 57.9 Å². The summed E-state index contributed by atoms with van der Waals surface area (Å²) in [5.74, 6) is -0.914. The summed E-state index contributed by atoms with van der Waals surface area (Å²) in [4.78, 5) is 10.3. The van der Waals surface area contributed by atoms with Gasteiger partial charge in [0, 0.05) is 5.97 Å². The molecular formula is C18H37NO2. The van der Waals surface area contributed by atoms with E-state index in [0.29, 0.717) is 0 Å². The first-order chi connectivity index (χ1) is 9.98. The molecule has 0 N–H and O–H groups in total. The molecule has 0 aromatic heterocycles. The lowest BCUT2D eigenvalue weighted by molar-refractivity contribution is -0.890. The quantitative estimate of drug-likeness (QED) is 0.343. The number of aliphatic carboxylic acids is 1. The molecule has 0 aliphatic rings. The molecule has 0 aromatic carbocycles. The lowest BCUT2D eigenvalue weighted by Crippen LogP contribution is -2.41. The smallest absolute Gasteiger partial charge is 0.0782 e. The second-order valence-corrected chi connectivity index (χ2v) is 7.04. The lowest BCUT2D eigenvalue weighted by atomic mass is 10.1. The van der Waals surface area contributed by atoms with Crippen LogP contribution in [0.2, 0.25) is 0 Å². The summed E-state index contributed by atoms with van der Waals surface area (Å²) in [5, 5.41) is 10.3. The van der Waals surface area contributed by atoms with Crippen LogP contribution in [0.15, 0.2) is 0 Å². The third kappa shape index (κ3) is 15.6. The SMILES string of the molecule is CCCCCCCCCC[N+](C)(C)CCCCCC(=O)[O-]. The maximum atomic E-state index is 10.3. The van der Waals surface area contributed by atoms with Crippen LogP contribution in [0, 0.1) is 0 Å². The van der Waals surface area contributed by atoms with Gasteiger partial charge in [-0.3, -0.25) is 0 Å². The Labute approximate surface area is 132 Å². The van der Waals surface area contributed by atoms with Gasteiger partial charge in [0.15, 0.2) is 0 Å². The van der Waals surface area contributed by atoms with Crippen molar-refractivity contribution in [1.82, 2.24) is 0 Å². The number of carboxylic acids is 1. The molecule has 0 radical (unpaired) electrons. The summed E-state index contributed by atoms with van der Waals surface area (Å²) >= 11 is 0. The molecule has 0 amide bonds. The first-order valence-corrected chi connectivity index (χ1v) is 9.00. The van der Waals surface area contributed by atoms with Crippen molar-refractivity contribution in [2.75, 3.05) is 27.2 Å². The highest BCUT2D eigenvalue weighted by atomic mass is 16.4. The fourth-order valence-electron chi connectivity index (χ4n) is 2.77. The molecule has 126 valence electrons. The van der Waals surface area contributed by atoms with E-state index < -0.39 is 5.97 Å². The predicted molar refractivity (Wildman–Crippen MR) is 87.9 cm³/mol. The monoisotopic (exact) mass is 299 g/mol. The molecule has 0 fully saturated rings. The van der Waals surface area contributed by atoms with E-state index in [4.69, 9.17) is 0 Å². The standard InChI is InChI=1S/C18H37NO2/c1-4-5-6-7-8-9-10-13-16-19(2,3)17-14-11-12-15-18(20)21/h4-17H2,1-3H3. The molecule has 0 bridgehead atoms. The molecule has 0 aliphatic carbocycles. The molecule has 0 saturated heterocycles. The Kier molecular flexibility index (Phi) is 12.8. The summed E-state index contributed by atoms with van der Waals surface area (Å²) in [6.07, 6.45) is 14.1. The zero-order valence-corrected chi connectivity index (χ0v) is 14.7. The molecule has 0 unspecified atom stereocenters. The minimum absolute atomic E-state index is 0.214. The topological polar surface area (TPSA) is 40.1 Å². The maximum absolute atomic E-state index is 10.3. The average molecular weight is 299 g/mol. The van der Waals surface area contributed by atoms with Crippen molar-refractivity contribution in [2.24, 2.45) is 0 Å². The van der Waals surface area contributed by atoms with E-state index in [-0.39, 0.29) is 6.42 Å². The number of quaternary nitrogens is 1. The van der Waals surface area contributed by atoms with Crippen LogP contribution < -0.4 is 5.11 Å².